The number of nitrogens with zero attached hydrogens (tertiary/aromatic N) is 2. The standard InChI is InChI=1S/C43H52N2O3/c1-40(2,3)31-20-29(38(47)33(23-31)42(7,8)9)25-44-35-19-18-28(37(46)27-16-14-13-15-17-27)22-36(35)45-26-30-21-32(41(4,5)6)24-34(39(30)48)43(10,11)12/h13-26,47-48H,1-12H3. The average molecular weight is 645 g/mol. The van der Waals surface area contributed by atoms with Gasteiger partial charge < -0.3 is 10.2 Å². The number of hydrogen-bond donors (Lipinski definition) is 2. The molecule has 0 aliphatic rings. The summed E-state index contributed by atoms with van der Waals surface area (Å²) in [6, 6.07) is 22.5. The van der Waals surface area contributed by atoms with Crippen LogP contribution in [0.5, 0.6) is 11.5 Å². The van der Waals surface area contributed by atoms with E-state index in [1.807, 2.05) is 30.3 Å². The van der Waals surface area contributed by atoms with E-state index in [0.29, 0.717) is 33.6 Å². The largest absolute Gasteiger partial charge is 0.507 e. The molecule has 0 fully saturated rings. The fraction of sp³-hybridized carbons (Fsp3) is 0.372. The van der Waals surface area contributed by atoms with Gasteiger partial charge in [-0.05, 0) is 63.1 Å². The number of carbonyl (C=O) groups is 1. The second-order valence-electron chi connectivity index (χ2n) is 16.8. The third kappa shape index (κ3) is 8.31. The molecule has 0 amide bonds. The van der Waals surface area contributed by atoms with Gasteiger partial charge in [-0.15, -0.1) is 0 Å². The molecule has 5 heteroatoms. The molecule has 4 aromatic carbocycles. The van der Waals surface area contributed by atoms with E-state index in [2.05, 4.69) is 95.2 Å². The monoisotopic (exact) mass is 644 g/mol. The second-order valence-corrected chi connectivity index (χ2v) is 16.8. The van der Waals surface area contributed by atoms with Crippen LogP contribution in [-0.4, -0.2) is 28.4 Å². The van der Waals surface area contributed by atoms with Gasteiger partial charge in [-0.1, -0.05) is 126 Å². The van der Waals surface area contributed by atoms with E-state index < -0.39 is 0 Å². The molecule has 252 valence electrons. The number of aliphatic imine (C=N–C) groups is 2. The Labute approximate surface area is 287 Å². The number of hydrogen-bond acceptors (Lipinski definition) is 5. The lowest BCUT2D eigenvalue weighted by Crippen LogP contribution is -2.17. The minimum Gasteiger partial charge on any atom is -0.507 e. The molecule has 5 nitrogen and oxygen atoms in total. The van der Waals surface area contributed by atoms with Gasteiger partial charge in [0.25, 0.3) is 0 Å². The number of benzene rings is 4. The highest BCUT2D eigenvalue weighted by Gasteiger charge is 2.26. The molecule has 0 aromatic heterocycles. The predicted octanol–water partition coefficient (Wildman–Crippen LogP) is 11.0. The molecule has 0 radical (unpaired) electrons. The zero-order valence-corrected chi connectivity index (χ0v) is 30.8. The van der Waals surface area contributed by atoms with E-state index in [0.717, 1.165) is 22.3 Å². The van der Waals surface area contributed by atoms with Crippen LogP contribution >= 0.6 is 0 Å². The molecular weight excluding hydrogens is 592 g/mol. The second kappa shape index (κ2) is 13.2. The third-order valence-electron chi connectivity index (χ3n) is 8.59. The summed E-state index contributed by atoms with van der Waals surface area (Å²) in [5.74, 6) is 0.249. The lowest BCUT2D eigenvalue weighted by molar-refractivity contribution is 0.103. The summed E-state index contributed by atoms with van der Waals surface area (Å²) in [6.45, 7) is 25.4. The first kappa shape index (κ1) is 36.3. The maximum atomic E-state index is 13.5. The Kier molecular flexibility index (Phi) is 9.98. The number of ketones is 1. The van der Waals surface area contributed by atoms with Crippen molar-refractivity contribution in [3.8, 4) is 11.5 Å². The van der Waals surface area contributed by atoms with Crippen molar-refractivity contribution in [3.05, 3.63) is 117 Å². The molecule has 0 unspecified atom stereocenters. The van der Waals surface area contributed by atoms with Crippen molar-refractivity contribution in [2.45, 2.75) is 105 Å². The van der Waals surface area contributed by atoms with Gasteiger partial charge in [0, 0.05) is 45.8 Å². The lowest BCUT2D eigenvalue weighted by atomic mass is 9.79. The van der Waals surface area contributed by atoms with E-state index in [-0.39, 0.29) is 38.9 Å². The van der Waals surface area contributed by atoms with Crippen LogP contribution in [0.2, 0.25) is 0 Å². The zero-order valence-electron chi connectivity index (χ0n) is 30.8. The summed E-state index contributed by atoms with van der Waals surface area (Å²) in [5, 5.41) is 22.8. The number of phenolic OH excluding ortho intramolecular Hbond substituents is 2. The van der Waals surface area contributed by atoms with Crippen LogP contribution in [0, 0.1) is 0 Å². The molecular formula is C43H52N2O3. The Bertz CT molecular complexity index is 1870. The van der Waals surface area contributed by atoms with Crippen molar-refractivity contribution in [3.63, 3.8) is 0 Å². The summed E-state index contributed by atoms with van der Waals surface area (Å²) in [6.07, 6.45) is 3.32. The topological polar surface area (TPSA) is 82.2 Å². The van der Waals surface area contributed by atoms with Crippen molar-refractivity contribution in [2.24, 2.45) is 9.98 Å². The van der Waals surface area contributed by atoms with E-state index in [1.54, 1.807) is 42.8 Å². The van der Waals surface area contributed by atoms with Gasteiger partial charge in [-0.2, -0.15) is 0 Å². The first-order valence-electron chi connectivity index (χ1n) is 16.7. The van der Waals surface area contributed by atoms with Crippen molar-refractivity contribution in [2.75, 3.05) is 0 Å². The molecule has 0 heterocycles. The highest BCUT2D eigenvalue weighted by molar-refractivity contribution is 6.10. The Morgan fingerprint density at radius 1 is 0.521 bits per heavy atom. The van der Waals surface area contributed by atoms with Gasteiger partial charge in [0.1, 0.15) is 11.5 Å². The Balaban J connectivity index is 1.91. The minimum atomic E-state index is -0.291. The van der Waals surface area contributed by atoms with E-state index in [4.69, 9.17) is 9.98 Å². The normalized spacial score (nSPS) is 13.1. The first-order valence-corrected chi connectivity index (χ1v) is 16.7. The van der Waals surface area contributed by atoms with Crippen LogP contribution in [0.25, 0.3) is 0 Å². The number of aromatic hydroxyl groups is 2. The zero-order chi connectivity index (χ0) is 35.8. The van der Waals surface area contributed by atoms with Gasteiger partial charge in [-0.3, -0.25) is 14.8 Å². The number of carbonyl (C=O) groups excluding carboxylic acids is 1. The molecule has 0 saturated carbocycles. The quantitative estimate of drug-likeness (QED) is 0.162. The molecule has 4 aromatic rings. The summed E-state index contributed by atoms with van der Waals surface area (Å²) >= 11 is 0. The molecule has 4 rings (SSSR count). The van der Waals surface area contributed by atoms with Crippen LogP contribution in [0.3, 0.4) is 0 Å². The van der Waals surface area contributed by atoms with E-state index >= 15 is 0 Å². The Morgan fingerprint density at radius 3 is 1.38 bits per heavy atom. The van der Waals surface area contributed by atoms with Gasteiger partial charge in [0.2, 0.25) is 0 Å². The molecule has 0 atom stereocenters. The third-order valence-corrected chi connectivity index (χ3v) is 8.59. The Morgan fingerprint density at radius 2 is 0.958 bits per heavy atom. The van der Waals surface area contributed by atoms with Crippen LogP contribution in [0.1, 0.15) is 132 Å². The molecule has 0 saturated heterocycles. The number of rotatable bonds is 6. The van der Waals surface area contributed by atoms with Crippen molar-refractivity contribution in [1.82, 2.24) is 0 Å². The fourth-order valence-electron chi connectivity index (χ4n) is 5.43. The highest BCUT2D eigenvalue weighted by atomic mass is 16.3. The van der Waals surface area contributed by atoms with Crippen LogP contribution < -0.4 is 0 Å². The predicted molar refractivity (Wildman–Crippen MR) is 202 cm³/mol. The maximum absolute atomic E-state index is 13.5. The van der Waals surface area contributed by atoms with Gasteiger partial charge >= 0.3 is 0 Å². The summed E-state index contributed by atoms with van der Waals surface area (Å²) in [7, 11) is 0. The van der Waals surface area contributed by atoms with Crippen molar-refractivity contribution >= 4 is 29.6 Å². The fourth-order valence-corrected chi connectivity index (χ4v) is 5.43. The van der Waals surface area contributed by atoms with Gasteiger partial charge in [-0.25, -0.2) is 0 Å². The summed E-state index contributed by atoms with van der Waals surface area (Å²) in [4.78, 5) is 23.2. The van der Waals surface area contributed by atoms with Crippen LogP contribution in [0.15, 0.2) is 82.8 Å². The van der Waals surface area contributed by atoms with Crippen molar-refractivity contribution < 1.29 is 15.0 Å². The van der Waals surface area contributed by atoms with Gasteiger partial charge in [0.15, 0.2) is 5.78 Å². The van der Waals surface area contributed by atoms with Crippen LogP contribution in [0.4, 0.5) is 11.4 Å². The lowest BCUT2D eigenvalue weighted by Gasteiger charge is -2.27. The Hall–Kier alpha value is -4.51. The first-order chi connectivity index (χ1) is 22.1. The average Bonchev–Trinajstić information content (AvgIpc) is 2.98. The minimum absolute atomic E-state index is 0.125. The molecule has 0 aliphatic heterocycles. The van der Waals surface area contributed by atoms with Crippen molar-refractivity contribution in [1.29, 1.82) is 0 Å². The molecule has 0 spiro atoms. The summed E-state index contributed by atoms with van der Waals surface area (Å²) in [5.41, 5.74) is 6.25. The van der Waals surface area contributed by atoms with E-state index in [9.17, 15) is 15.0 Å². The maximum Gasteiger partial charge on any atom is 0.193 e. The molecule has 0 aliphatic carbocycles. The summed E-state index contributed by atoms with van der Waals surface area (Å²) < 4.78 is 0. The van der Waals surface area contributed by atoms with E-state index in [1.165, 1.54) is 0 Å². The molecule has 0 bridgehead atoms. The molecule has 2 N–H and O–H groups in total. The molecule has 48 heavy (non-hydrogen) atoms. The van der Waals surface area contributed by atoms with Gasteiger partial charge in [0.05, 0.1) is 11.4 Å². The SMILES string of the molecule is CC(C)(C)c1cc(C=Nc2ccc(C(=O)c3ccccc3)cc2N=Cc2cc(C(C)(C)C)cc(C(C)(C)C)c2O)c(O)c(C(C)(C)C)c1. The highest BCUT2D eigenvalue weighted by Crippen LogP contribution is 2.40. The smallest absolute Gasteiger partial charge is 0.193 e. The van der Waals surface area contributed by atoms with Crippen LogP contribution in [-0.2, 0) is 21.7 Å². The number of phenols is 2.